The van der Waals surface area contributed by atoms with E-state index in [-0.39, 0.29) is 5.91 Å². The summed E-state index contributed by atoms with van der Waals surface area (Å²) in [6, 6.07) is 10.1. The molecule has 0 radical (unpaired) electrons. The maximum atomic E-state index is 12.2. The molecule has 1 amide bonds. The molecule has 0 atom stereocenters. The molecule has 1 aromatic heterocycles. The van der Waals surface area contributed by atoms with E-state index in [1.54, 1.807) is 0 Å². The average molecular weight is 270 g/mol. The number of aromatic nitrogens is 2. The Balaban J connectivity index is 1.59. The lowest BCUT2D eigenvalue weighted by Crippen LogP contribution is -2.36. The van der Waals surface area contributed by atoms with Crippen LogP contribution in [-0.2, 0) is 24.2 Å². The first-order valence-corrected chi connectivity index (χ1v) is 6.87. The molecule has 2 heterocycles. The third kappa shape index (κ3) is 2.52. The quantitative estimate of drug-likeness (QED) is 0.887. The highest BCUT2D eigenvalue weighted by Gasteiger charge is 2.23. The molecule has 1 aromatic carbocycles. The fourth-order valence-corrected chi connectivity index (χ4v) is 2.61. The molecule has 0 aliphatic carbocycles. The molecule has 104 valence electrons. The standard InChI is InChI=1S/C15H18N4O/c16-15-12-8-9-19(10-13(12)17-18-15)14(20)7-6-11-4-2-1-3-5-11/h1-5H,6-10H2,(H3,16,17,18). The van der Waals surface area contributed by atoms with E-state index in [2.05, 4.69) is 22.3 Å². The number of nitrogen functional groups attached to an aromatic ring is 1. The summed E-state index contributed by atoms with van der Waals surface area (Å²) in [5.41, 5.74) is 9.01. The van der Waals surface area contributed by atoms with Gasteiger partial charge in [-0.2, -0.15) is 5.10 Å². The van der Waals surface area contributed by atoms with Gasteiger partial charge in [0, 0.05) is 18.5 Å². The van der Waals surface area contributed by atoms with Gasteiger partial charge in [-0.05, 0) is 18.4 Å². The number of benzene rings is 1. The number of nitrogens with one attached hydrogen (secondary N) is 1. The number of rotatable bonds is 3. The molecular formula is C15H18N4O. The van der Waals surface area contributed by atoms with Gasteiger partial charge >= 0.3 is 0 Å². The van der Waals surface area contributed by atoms with Crippen LogP contribution in [0.1, 0.15) is 23.2 Å². The van der Waals surface area contributed by atoms with Gasteiger partial charge < -0.3 is 10.6 Å². The van der Waals surface area contributed by atoms with Crippen LogP contribution in [-0.4, -0.2) is 27.5 Å². The molecule has 3 N–H and O–H groups in total. The zero-order chi connectivity index (χ0) is 13.9. The number of aryl methyl sites for hydroxylation is 1. The maximum Gasteiger partial charge on any atom is 0.223 e. The number of hydrogen-bond donors (Lipinski definition) is 2. The predicted molar refractivity (Wildman–Crippen MR) is 76.9 cm³/mol. The topological polar surface area (TPSA) is 75.0 Å². The maximum absolute atomic E-state index is 12.2. The zero-order valence-electron chi connectivity index (χ0n) is 11.3. The van der Waals surface area contributed by atoms with Crippen molar-refractivity contribution in [2.45, 2.75) is 25.8 Å². The van der Waals surface area contributed by atoms with Gasteiger partial charge in [-0.3, -0.25) is 9.89 Å². The van der Waals surface area contributed by atoms with E-state index in [0.717, 1.165) is 30.6 Å². The SMILES string of the molecule is Nc1n[nH]c2c1CCN(C(=O)CCc1ccccc1)C2. The number of hydrogen-bond acceptors (Lipinski definition) is 3. The highest BCUT2D eigenvalue weighted by atomic mass is 16.2. The predicted octanol–water partition coefficient (Wildman–Crippen LogP) is 1.51. The molecule has 2 aromatic rings. The smallest absolute Gasteiger partial charge is 0.223 e. The van der Waals surface area contributed by atoms with Crippen molar-refractivity contribution >= 4 is 11.7 Å². The largest absolute Gasteiger partial charge is 0.382 e. The molecule has 0 spiro atoms. The summed E-state index contributed by atoms with van der Waals surface area (Å²) in [5.74, 6) is 0.754. The summed E-state index contributed by atoms with van der Waals surface area (Å²) in [4.78, 5) is 14.1. The van der Waals surface area contributed by atoms with E-state index in [4.69, 9.17) is 5.73 Å². The van der Waals surface area contributed by atoms with Crippen LogP contribution in [0.25, 0.3) is 0 Å². The first-order valence-electron chi connectivity index (χ1n) is 6.87. The minimum absolute atomic E-state index is 0.188. The second-order valence-electron chi connectivity index (χ2n) is 5.12. The molecule has 1 aliphatic rings. The number of H-pyrrole nitrogens is 1. The lowest BCUT2D eigenvalue weighted by atomic mass is 10.1. The van der Waals surface area contributed by atoms with Crippen molar-refractivity contribution in [3.63, 3.8) is 0 Å². The van der Waals surface area contributed by atoms with Gasteiger partial charge in [0.05, 0.1) is 12.2 Å². The van der Waals surface area contributed by atoms with Crippen molar-refractivity contribution in [1.29, 1.82) is 0 Å². The van der Waals surface area contributed by atoms with Crippen molar-refractivity contribution < 1.29 is 4.79 Å². The Morgan fingerprint density at radius 1 is 1.35 bits per heavy atom. The molecule has 20 heavy (non-hydrogen) atoms. The summed E-state index contributed by atoms with van der Waals surface area (Å²) < 4.78 is 0. The lowest BCUT2D eigenvalue weighted by molar-refractivity contribution is -0.132. The molecule has 0 saturated carbocycles. The highest BCUT2D eigenvalue weighted by Crippen LogP contribution is 2.22. The summed E-state index contributed by atoms with van der Waals surface area (Å²) in [7, 11) is 0. The van der Waals surface area contributed by atoms with E-state index < -0.39 is 0 Å². The minimum atomic E-state index is 0.188. The van der Waals surface area contributed by atoms with Crippen LogP contribution in [0.15, 0.2) is 30.3 Å². The number of nitrogens with zero attached hydrogens (tertiary/aromatic N) is 2. The van der Waals surface area contributed by atoms with Gasteiger partial charge in [0.2, 0.25) is 5.91 Å². The van der Waals surface area contributed by atoms with Crippen molar-refractivity contribution in [2.75, 3.05) is 12.3 Å². The van der Waals surface area contributed by atoms with E-state index >= 15 is 0 Å². The monoisotopic (exact) mass is 270 g/mol. The molecule has 0 fully saturated rings. The Kier molecular flexibility index (Phi) is 3.41. The molecule has 5 heteroatoms. The highest BCUT2D eigenvalue weighted by molar-refractivity contribution is 5.76. The van der Waals surface area contributed by atoms with E-state index in [0.29, 0.717) is 18.8 Å². The van der Waals surface area contributed by atoms with Crippen molar-refractivity contribution in [3.05, 3.63) is 47.2 Å². The van der Waals surface area contributed by atoms with Crippen molar-refractivity contribution in [2.24, 2.45) is 0 Å². The molecule has 0 unspecified atom stereocenters. The van der Waals surface area contributed by atoms with Crippen molar-refractivity contribution in [1.82, 2.24) is 15.1 Å². The number of nitrogens with two attached hydrogens (primary N) is 1. The van der Waals surface area contributed by atoms with Gasteiger partial charge in [0.25, 0.3) is 0 Å². The summed E-state index contributed by atoms with van der Waals surface area (Å²) >= 11 is 0. The first-order chi connectivity index (χ1) is 9.74. The Morgan fingerprint density at radius 2 is 2.15 bits per heavy atom. The van der Waals surface area contributed by atoms with Crippen LogP contribution < -0.4 is 5.73 Å². The molecular weight excluding hydrogens is 252 g/mol. The van der Waals surface area contributed by atoms with Crippen LogP contribution in [0.3, 0.4) is 0 Å². The molecule has 3 rings (SSSR count). The summed E-state index contributed by atoms with van der Waals surface area (Å²) in [6.45, 7) is 1.32. The normalized spacial score (nSPS) is 14.1. The second kappa shape index (κ2) is 5.36. The van der Waals surface area contributed by atoms with Crippen LogP contribution in [0, 0.1) is 0 Å². The van der Waals surface area contributed by atoms with Crippen LogP contribution in [0.5, 0.6) is 0 Å². The van der Waals surface area contributed by atoms with E-state index in [1.807, 2.05) is 23.1 Å². The summed E-state index contributed by atoms with van der Waals surface area (Å²) in [5, 5.41) is 6.92. The van der Waals surface area contributed by atoms with Gasteiger partial charge in [-0.25, -0.2) is 0 Å². The Hall–Kier alpha value is -2.30. The third-order valence-corrected chi connectivity index (χ3v) is 3.79. The number of amides is 1. The fraction of sp³-hybridized carbons (Fsp3) is 0.333. The van der Waals surface area contributed by atoms with E-state index in [9.17, 15) is 4.79 Å². The van der Waals surface area contributed by atoms with Crippen LogP contribution in [0.4, 0.5) is 5.82 Å². The Labute approximate surface area is 117 Å². The second-order valence-corrected chi connectivity index (χ2v) is 5.12. The first kappa shape index (κ1) is 12.7. The minimum Gasteiger partial charge on any atom is -0.382 e. The van der Waals surface area contributed by atoms with Gasteiger partial charge in [-0.1, -0.05) is 30.3 Å². The Bertz CT molecular complexity index is 606. The molecule has 0 saturated heterocycles. The Morgan fingerprint density at radius 3 is 2.95 bits per heavy atom. The molecule has 5 nitrogen and oxygen atoms in total. The average Bonchev–Trinajstić information content (AvgIpc) is 2.87. The number of fused-ring (bicyclic) bond motifs is 1. The fourth-order valence-electron chi connectivity index (χ4n) is 2.61. The van der Waals surface area contributed by atoms with Crippen molar-refractivity contribution in [3.8, 4) is 0 Å². The van der Waals surface area contributed by atoms with Gasteiger partial charge in [0.1, 0.15) is 5.82 Å². The number of carbonyl (C=O) groups excluding carboxylic acids is 1. The molecule has 1 aliphatic heterocycles. The zero-order valence-corrected chi connectivity index (χ0v) is 11.3. The van der Waals surface area contributed by atoms with E-state index in [1.165, 1.54) is 5.56 Å². The van der Waals surface area contributed by atoms with Crippen LogP contribution in [0.2, 0.25) is 0 Å². The van der Waals surface area contributed by atoms with Gasteiger partial charge in [-0.15, -0.1) is 0 Å². The molecule has 0 bridgehead atoms. The summed E-state index contributed by atoms with van der Waals surface area (Å²) in [6.07, 6.45) is 2.12. The third-order valence-electron chi connectivity index (χ3n) is 3.79. The number of anilines is 1. The van der Waals surface area contributed by atoms with Gasteiger partial charge in [0.15, 0.2) is 0 Å². The number of aromatic amines is 1. The lowest BCUT2D eigenvalue weighted by Gasteiger charge is -2.26. The number of carbonyl (C=O) groups is 1. The van der Waals surface area contributed by atoms with Crippen LogP contribution >= 0.6 is 0 Å².